The molecule has 1 aromatic rings. The van der Waals surface area contributed by atoms with Crippen molar-refractivity contribution in [1.82, 2.24) is 0 Å². The molecule has 0 bridgehead atoms. The first kappa shape index (κ1) is 11.6. The summed E-state index contributed by atoms with van der Waals surface area (Å²) in [5, 5.41) is 0. The number of benzene rings is 1. The fraction of sp³-hybridized carbons (Fsp3) is 0.538. The minimum Gasteiger partial charge on any atom is -0.376 e. The highest BCUT2D eigenvalue weighted by Gasteiger charge is 2.15. The second-order valence-electron chi connectivity index (χ2n) is 4.12. The first-order chi connectivity index (χ1) is 7.90. The van der Waals surface area contributed by atoms with Crippen molar-refractivity contribution >= 4 is 0 Å². The van der Waals surface area contributed by atoms with Crippen LogP contribution < -0.4 is 5.73 Å². The number of rotatable bonds is 5. The van der Waals surface area contributed by atoms with Crippen molar-refractivity contribution in [3.63, 3.8) is 0 Å². The Labute approximate surface area is 96.5 Å². The molecule has 1 saturated heterocycles. The molecular weight excluding hydrogens is 202 g/mol. The fourth-order valence-electron chi connectivity index (χ4n) is 1.97. The number of hydrogen-bond donors (Lipinski definition) is 1. The number of ether oxygens (including phenoxy) is 2. The monoisotopic (exact) mass is 221 g/mol. The van der Waals surface area contributed by atoms with Crippen molar-refractivity contribution < 1.29 is 9.47 Å². The summed E-state index contributed by atoms with van der Waals surface area (Å²) in [6.07, 6.45) is 2.58. The molecule has 1 fully saturated rings. The highest BCUT2D eigenvalue weighted by Crippen LogP contribution is 2.14. The molecule has 1 unspecified atom stereocenters. The molecular formula is C13H19NO2. The predicted molar refractivity (Wildman–Crippen MR) is 63.0 cm³/mol. The summed E-state index contributed by atoms with van der Waals surface area (Å²) in [4.78, 5) is 0. The maximum atomic E-state index is 5.67. The second kappa shape index (κ2) is 5.99. The van der Waals surface area contributed by atoms with Gasteiger partial charge < -0.3 is 15.2 Å². The average molecular weight is 221 g/mol. The summed E-state index contributed by atoms with van der Waals surface area (Å²) in [7, 11) is 0. The third kappa shape index (κ3) is 3.04. The first-order valence-corrected chi connectivity index (χ1v) is 5.86. The molecule has 0 aliphatic carbocycles. The Hall–Kier alpha value is -0.900. The lowest BCUT2D eigenvalue weighted by Crippen LogP contribution is -2.14. The quantitative estimate of drug-likeness (QED) is 0.825. The smallest absolute Gasteiger partial charge is 0.0809 e. The molecule has 3 nitrogen and oxygen atoms in total. The zero-order valence-corrected chi connectivity index (χ0v) is 9.52. The fourth-order valence-corrected chi connectivity index (χ4v) is 1.97. The Balaban J connectivity index is 1.79. The van der Waals surface area contributed by atoms with Crippen LogP contribution in [0, 0.1) is 0 Å². The highest BCUT2D eigenvalue weighted by molar-refractivity contribution is 5.26. The maximum absolute atomic E-state index is 5.67. The van der Waals surface area contributed by atoms with E-state index < -0.39 is 0 Å². The van der Waals surface area contributed by atoms with E-state index in [4.69, 9.17) is 15.2 Å². The summed E-state index contributed by atoms with van der Waals surface area (Å²) >= 11 is 0. The van der Waals surface area contributed by atoms with Crippen molar-refractivity contribution in [3.8, 4) is 0 Å². The normalized spacial score (nSPS) is 20.2. The minimum absolute atomic E-state index is 0.296. The summed E-state index contributed by atoms with van der Waals surface area (Å²) in [6.45, 7) is 2.78. The molecule has 3 heteroatoms. The maximum Gasteiger partial charge on any atom is 0.0809 e. The largest absolute Gasteiger partial charge is 0.376 e. The van der Waals surface area contributed by atoms with Gasteiger partial charge in [-0.15, -0.1) is 0 Å². The Bertz CT molecular complexity index is 321. The molecule has 1 heterocycles. The van der Waals surface area contributed by atoms with Gasteiger partial charge in [0.25, 0.3) is 0 Å². The third-order valence-corrected chi connectivity index (χ3v) is 2.92. The lowest BCUT2D eigenvalue weighted by atomic mass is 10.1. The van der Waals surface area contributed by atoms with E-state index in [2.05, 4.69) is 6.07 Å². The average Bonchev–Trinajstić information content (AvgIpc) is 2.83. The van der Waals surface area contributed by atoms with Crippen LogP contribution >= 0.6 is 0 Å². The summed E-state index contributed by atoms with van der Waals surface area (Å²) < 4.78 is 11.2. The molecule has 1 atom stereocenters. The van der Waals surface area contributed by atoms with Crippen molar-refractivity contribution in [3.05, 3.63) is 35.4 Å². The molecule has 1 aliphatic heterocycles. The van der Waals surface area contributed by atoms with Crippen LogP contribution in [0.2, 0.25) is 0 Å². The molecule has 1 aromatic carbocycles. The van der Waals surface area contributed by atoms with E-state index in [0.29, 0.717) is 25.9 Å². The standard InChI is InChI=1S/C13H19NO2/c14-8-11-4-1-2-5-12(11)9-15-10-13-6-3-7-16-13/h1-2,4-5,13H,3,6-10,14H2. The lowest BCUT2D eigenvalue weighted by molar-refractivity contribution is 0.0104. The molecule has 0 radical (unpaired) electrons. The molecule has 0 aromatic heterocycles. The van der Waals surface area contributed by atoms with Crippen molar-refractivity contribution in [2.45, 2.75) is 32.1 Å². The Morgan fingerprint density at radius 2 is 2.12 bits per heavy atom. The topological polar surface area (TPSA) is 44.5 Å². The van der Waals surface area contributed by atoms with E-state index in [-0.39, 0.29) is 0 Å². The van der Waals surface area contributed by atoms with Gasteiger partial charge in [0.15, 0.2) is 0 Å². The molecule has 0 amide bonds. The molecule has 1 aliphatic rings. The molecule has 2 rings (SSSR count). The third-order valence-electron chi connectivity index (χ3n) is 2.92. The van der Waals surface area contributed by atoms with Crippen LogP contribution in [0.5, 0.6) is 0 Å². The molecule has 2 N–H and O–H groups in total. The van der Waals surface area contributed by atoms with E-state index in [1.54, 1.807) is 0 Å². The first-order valence-electron chi connectivity index (χ1n) is 5.86. The van der Waals surface area contributed by atoms with Crippen LogP contribution in [0.3, 0.4) is 0 Å². The van der Waals surface area contributed by atoms with Gasteiger partial charge in [0.2, 0.25) is 0 Å². The predicted octanol–water partition coefficient (Wildman–Crippen LogP) is 1.84. The molecule has 0 spiro atoms. The van der Waals surface area contributed by atoms with Crippen LogP contribution in [0.1, 0.15) is 24.0 Å². The van der Waals surface area contributed by atoms with Gasteiger partial charge in [0, 0.05) is 13.2 Å². The lowest BCUT2D eigenvalue weighted by Gasteiger charge is -2.12. The Kier molecular flexibility index (Phi) is 4.34. The Morgan fingerprint density at radius 1 is 1.31 bits per heavy atom. The molecule has 16 heavy (non-hydrogen) atoms. The van der Waals surface area contributed by atoms with Crippen LogP contribution in [0.25, 0.3) is 0 Å². The van der Waals surface area contributed by atoms with E-state index in [1.165, 1.54) is 5.56 Å². The van der Waals surface area contributed by atoms with Gasteiger partial charge >= 0.3 is 0 Å². The van der Waals surface area contributed by atoms with Crippen LogP contribution in [0.4, 0.5) is 0 Å². The van der Waals surface area contributed by atoms with Crippen molar-refractivity contribution in [1.29, 1.82) is 0 Å². The summed E-state index contributed by atoms with van der Waals surface area (Å²) in [5.74, 6) is 0. The van der Waals surface area contributed by atoms with Gasteiger partial charge in [0.05, 0.1) is 19.3 Å². The molecule has 88 valence electrons. The van der Waals surface area contributed by atoms with Gasteiger partial charge in [-0.1, -0.05) is 24.3 Å². The Morgan fingerprint density at radius 3 is 2.81 bits per heavy atom. The van der Waals surface area contributed by atoms with Crippen LogP contribution in [-0.4, -0.2) is 19.3 Å². The van der Waals surface area contributed by atoms with Crippen LogP contribution in [-0.2, 0) is 22.6 Å². The number of hydrogen-bond acceptors (Lipinski definition) is 3. The zero-order valence-electron chi connectivity index (χ0n) is 9.52. The summed E-state index contributed by atoms with van der Waals surface area (Å²) in [5.41, 5.74) is 8.01. The molecule has 0 saturated carbocycles. The van der Waals surface area contributed by atoms with Gasteiger partial charge in [-0.3, -0.25) is 0 Å². The van der Waals surface area contributed by atoms with Gasteiger partial charge in [-0.25, -0.2) is 0 Å². The summed E-state index contributed by atoms with van der Waals surface area (Å²) in [6, 6.07) is 8.14. The van der Waals surface area contributed by atoms with Gasteiger partial charge in [-0.05, 0) is 24.0 Å². The highest BCUT2D eigenvalue weighted by atomic mass is 16.5. The van der Waals surface area contributed by atoms with E-state index in [9.17, 15) is 0 Å². The van der Waals surface area contributed by atoms with E-state index >= 15 is 0 Å². The van der Waals surface area contributed by atoms with Gasteiger partial charge in [0.1, 0.15) is 0 Å². The minimum atomic E-state index is 0.296. The van der Waals surface area contributed by atoms with E-state index in [1.807, 2.05) is 18.2 Å². The van der Waals surface area contributed by atoms with Crippen molar-refractivity contribution in [2.75, 3.05) is 13.2 Å². The van der Waals surface area contributed by atoms with E-state index in [0.717, 1.165) is 25.0 Å². The number of nitrogens with two attached hydrogens (primary N) is 1. The van der Waals surface area contributed by atoms with Crippen molar-refractivity contribution in [2.24, 2.45) is 5.73 Å². The SMILES string of the molecule is NCc1ccccc1COCC1CCCO1. The van der Waals surface area contributed by atoms with Gasteiger partial charge in [-0.2, -0.15) is 0 Å². The zero-order chi connectivity index (χ0) is 11.2. The van der Waals surface area contributed by atoms with Crippen LogP contribution in [0.15, 0.2) is 24.3 Å². The second-order valence-corrected chi connectivity index (χ2v) is 4.12.